The van der Waals surface area contributed by atoms with Crippen LogP contribution in [0.1, 0.15) is 28.1 Å². The van der Waals surface area contributed by atoms with Gasteiger partial charge < -0.3 is 10.4 Å². The predicted octanol–water partition coefficient (Wildman–Crippen LogP) is 2.18. The van der Waals surface area contributed by atoms with Crippen molar-refractivity contribution in [1.82, 2.24) is 20.1 Å². The molecule has 1 heterocycles. The third-order valence-corrected chi connectivity index (χ3v) is 3.68. The predicted molar refractivity (Wildman–Crippen MR) is 89.8 cm³/mol. The number of carbonyl (C=O) groups excluding carboxylic acids is 1. The molecule has 0 saturated heterocycles. The number of nitrogens with zero attached hydrogens (tertiary/aromatic N) is 3. The van der Waals surface area contributed by atoms with Crippen molar-refractivity contribution in [1.29, 1.82) is 0 Å². The van der Waals surface area contributed by atoms with Crippen LogP contribution in [0.3, 0.4) is 0 Å². The first-order valence-corrected chi connectivity index (χ1v) is 7.75. The second-order valence-electron chi connectivity index (χ2n) is 5.51. The molecule has 3 aromatic rings. The maximum Gasteiger partial charge on any atom is 0.291 e. The standard InChI is InChI=1S/C18H17FN4O2/c1-12-21-17(22-23(12)15-9-7-14(19)8-10-15)18(25)20-11-16(24)13-5-3-2-4-6-13/h2-10,16,24H,11H2,1H3,(H,20,25)/t16-/m0/s1. The number of aliphatic hydroxyl groups excluding tert-OH is 1. The Morgan fingerprint density at radius 1 is 1.20 bits per heavy atom. The number of carbonyl (C=O) groups is 1. The van der Waals surface area contributed by atoms with Crippen LogP contribution >= 0.6 is 0 Å². The largest absolute Gasteiger partial charge is 0.387 e. The first-order chi connectivity index (χ1) is 12.0. The number of hydrogen-bond acceptors (Lipinski definition) is 4. The number of halogens is 1. The summed E-state index contributed by atoms with van der Waals surface area (Å²) >= 11 is 0. The third kappa shape index (κ3) is 3.89. The highest BCUT2D eigenvalue weighted by Crippen LogP contribution is 2.12. The van der Waals surface area contributed by atoms with E-state index in [1.807, 2.05) is 18.2 Å². The molecule has 0 bridgehead atoms. The highest BCUT2D eigenvalue weighted by molar-refractivity contribution is 5.90. The van der Waals surface area contributed by atoms with Gasteiger partial charge in [0, 0.05) is 6.54 Å². The number of amides is 1. The summed E-state index contributed by atoms with van der Waals surface area (Å²) in [4.78, 5) is 16.3. The summed E-state index contributed by atoms with van der Waals surface area (Å²) in [7, 11) is 0. The van der Waals surface area contributed by atoms with Gasteiger partial charge in [-0.3, -0.25) is 4.79 Å². The molecule has 0 fully saturated rings. The number of benzene rings is 2. The maximum absolute atomic E-state index is 13.0. The van der Waals surface area contributed by atoms with Crippen molar-refractivity contribution in [2.45, 2.75) is 13.0 Å². The molecule has 2 N–H and O–H groups in total. The van der Waals surface area contributed by atoms with Crippen LogP contribution in [0, 0.1) is 12.7 Å². The lowest BCUT2D eigenvalue weighted by Gasteiger charge is -2.11. The van der Waals surface area contributed by atoms with E-state index in [2.05, 4.69) is 15.4 Å². The van der Waals surface area contributed by atoms with Crippen LogP contribution in [-0.4, -0.2) is 32.3 Å². The van der Waals surface area contributed by atoms with Crippen LogP contribution in [0.25, 0.3) is 5.69 Å². The highest BCUT2D eigenvalue weighted by atomic mass is 19.1. The van der Waals surface area contributed by atoms with Crippen molar-refractivity contribution in [3.05, 3.63) is 77.6 Å². The average Bonchev–Trinajstić information content (AvgIpc) is 3.02. The topological polar surface area (TPSA) is 80.0 Å². The summed E-state index contributed by atoms with van der Waals surface area (Å²) in [5, 5.41) is 16.8. The molecule has 1 atom stereocenters. The molecule has 0 saturated carbocycles. The molecule has 0 aliphatic carbocycles. The molecule has 3 rings (SSSR count). The SMILES string of the molecule is Cc1nc(C(=O)NC[C@H](O)c2ccccc2)nn1-c1ccc(F)cc1. The van der Waals surface area contributed by atoms with E-state index >= 15 is 0 Å². The lowest BCUT2D eigenvalue weighted by molar-refractivity contribution is 0.0906. The Bertz CT molecular complexity index is 863. The molecule has 0 aliphatic heterocycles. The lowest BCUT2D eigenvalue weighted by Crippen LogP contribution is -2.29. The second-order valence-corrected chi connectivity index (χ2v) is 5.51. The molecule has 7 heteroatoms. The fourth-order valence-electron chi connectivity index (χ4n) is 2.37. The van der Waals surface area contributed by atoms with Gasteiger partial charge in [-0.25, -0.2) is 14.1 Å². The summed E-state index contributed by atoms with van der Waals surface area (Å²) in [6.45, 7) is 1.75. The van der Waals surface area contributed by atoms with Gasteiger partial charge in [0.05, 0.1) is 11.8 Å². The van der Waals surface area contributed by atoms with Crippen LogP contribution in [0.15, 0.2) is 54.6 Å². The molecular weight excluding hydrogens is 323 g/mol. The Hall–Kier alpha value is -3.06. The normalized spacial score (nSPS) is 12.0. The number of rotatable bonds is 5. The quantitative estimate of drug-likeness (QED) is 0.746. The van der Waals surface area contributed by atoms with Crippen molar-refractivity contribution < 1.29 is 14.3 Å². The zero-order valence-corrected chi connectivity index (χ0v) is 13.6. The van der Waals surface area contributed by atoms with Gasteiger partial charge in [-0.1, -0.05) is 30.3 Å². The van der Waals surface area contributed by atoms with Gasteiger partial charge in [-0.15, -0.1) is 5.10 Å². The second kappa shape index (κ2) is 7.23. The zero-order valence-electron chi connectivity index (χ0n) is 13.6. The van der Waals surface area contributed by atoms with Crippen molar-refractivity contribution in [2.24, 2.45) is 0 Å². The molecule has 0 aliphatic rings. The maximum atomic E-state index is 13.0. The number of aryl methyl sites for hydroxylation is 1. The van der Waals surface area contributed by atoms with E-state index in [0.29, 0.717) is 17.1 Å². The first kappa shape index (κ1) is 16.8. The molecule has 1 aromatic heterocycles. The number of aliphatic hydroxyl groups is 1. The third-order valence-electron chi connectivity index (χ3n) is 3.68. The minimum absolute atomic E-state index is 0.0120. The van der Waals surface area contributed by atoms with Gasteiger partial charge in [0.15, 0.2) is 0 Å². The Morgan fingerprint density at radius 2 is 1.88 bits per heavy atom. The van der Waals surface area contributed by atoms with E-state index in [1.165, 1.54) is 16.8 Å². The molecule has 6 nitrogen and oxygen atoms in total. The number of hydrogen-bond donors (Lipinski definition) is 2. The fraction of sp³-hybridized carbons (Fsp3) is 0.167. The van der Waals surface area contributed by atoms with Gasteiger partial charge >= 0.3 is 0 Å². The van der Waals surface area contributed by atoms with E-state index < -0.39 is 12.0 Å². The molecule has 2 aromatic carbocycles. The molecule has 0 radical (unpaired) electrons. The van der Waals surface area contributed by atoms with Gasteiger partial charge in [0.2, 0.25) is 5.82 Å². The van der Waals surface area contributed by atoms with E-state index in [0.717, 1.165) is 0 Å². The fourth-order valence-corrected chi connectivity index (χ4v) is 2.37. The highest BCUT2D eigenvalue weighted by Gasteiger charge is 2.16. The smallest absolute Gasteiger partial charge is 0.291 e. The van der Waals surface area contributed by atoms with Crippen LogP contribution in [0.4, 0.5) is 4.39 Å². The van der Waals surface area contributed by atoms with Gasteiger partial charge in [-0.2, -0.15) is 0 Å². The summed E-state index contributed by atoms with van der Waals surface area (Å²) in [6.07, 6.45) is -0.814. The van der Waals surface area contributed by atoms with Crippen molar-refractivity contribution >= 4 is 5.91 Å². The molecular formula is C18H17FN4O2. The van der Waals surface area contributed by atoms with Crippen LogP contribution in [-0.2, 0) is 0 Å². The van der Waals surface area contributed by atoms with E-state index in [4.69, 9.17) is 0 Å². The van der Waals surface area contributed by atoms with Crippen LogP contribution in [0.5, 0.6) is 0 Å². The summed E-state index contributed by atoms with van der Waals surface area (Å²) in [6, 6.07) is 14.8. The van der Waals surface area contributed by atoms with E-state index in [9.17, 15) is 14.3 Å². The summed E-state index contributed by atoms with van der Waals surface area (Å²) in [5.74, 6) is -0.351. The Balaban J connectivity index is 1.69. The minimum Gasteiger partial charge on any atom is -0.387 e. The van der Waals surface area contributed by atoms with Gasteiger partial charge in [0.25, 0.3) is 5.91 Å². The van der Waals surface area contributed by atoms with Crippen molar-refractivity contribution in [2.75, 3.05) is 6.54 Å². The molecule has 0 spiro atoms. The molecule has 0 unspecified atom stereocenters. The summed E-state index contributed by atoms with van der Waals surface area (Å²) in [5.41, 5.74) is 1.32. The lowest BCUT2D eigenvalue weighted by atomic mass is 10.1. The van der Waals surface area contributed by atoms with E-state index in [1.54, 1.807) is 31.2 Å². The van der Waals surface area contributed by atoms with Crippen LogP contribution < -0.4 is 5.32 Å². The van der Waals surface area contributed by atoms with Crippen molar-refractivity contribution in [3.63, 3.8) is 0 Å². The van der Waals surface area contributed by atoms with Gasteiger partial charge in [0.1, 0.15) is 11.6 Å². The first-order valence-electron chi connectivity index (χ1n) is 7.75. The van der Waals surface area contributed by atoms with Crippen LogP contribution in [0.2, 0.25) is 0 Å². The number of aromatic nitrogens is 3. The molecule has 128 valence electrons. The Labute approximate surface area is 144 Å². The van der Waals surface area contributed by atoms with Crippen molar-refractivity contribution in [3.8, 4) is 5.69 Å². The van der Waals surface area contributed by atoms with E-state index in [-0.39, 0.29) is 18.2 Å². The molecule has 25 heavy (non-hydrogen) atoms. The minimum atomic E-state index is -0.814. The Kier molecular flexibility index (Phi) is 4.85. The molecule has 1 amide bonds. The average molecular weight is 340 g/mol. The van der Waals surface area contributed by atoms with Gasteiger partial charge in [-0.05, 0) is 36.8 Å². The zero-order chi connectivity index (χ0) is 17.8. The Morgan fingerprint density at radius 3 is 2.56 bits per heavy atom. The summed E-state index contributed by atoms with van der Waals surface area (Å²) < 4.78 is 14.5. The number of nitrogens with one attached hydrogen (secondary N) is 1. The monoisotopic (exact) mass is 340 g/mol.